The second-order valence-corrected chi connectivity index (χ2v) is 9.08. The van der Waals surface area contributed by atoms with E-state index in [-0.39, 0.29) is 21.7 Å². The number of benzene rings is 3. The van der Waals surface area contributed by atoms with Gasteiger partial charge < -0.3 is 5.32 Å². The van der Waals surface area contributed by atoms with Gasteiger partial charge in [-0.2, -0.15) is 21.6 Å². The van der Waals surface area contributed by atoms with Crippen LogP contribution in [0.2, 0.25) is 0 Å². The molecule has 8 nitrogen and oxygen atoms in total. The molecule has 0 unspecified atom stereocenters. The molecule has 0 atom stereocenters. The monoisotopic (exact) mass is 517 g/mol. The Balaban J connectivity index is 1.94. The molecule has 0 radical (unpaired) electrons. The number of nitrogens with one attached hydrogen (secondary N) is 1. The number of carbonyl (C=O) groups excluding carboxylic acids is 1. The zero-order valence-electron chi connectivity index (χ0n) is 18.6. The summed E-state index contributed by atoms with van der Waals surface area (Å²) in [6.45, 7) is 1.77. The zero-order chi connectivity index (χ0) is 26.5. The van der Waals surface area contributed by atoms with Crippen LogP contribution in [-0.2, 0) is 16.2 Å². The first-order valence-electron chi connectivity index (χ1n) is 10.2. The summed E-state index contributed by atoms with van der Waals surface area (Å²) in [5.74, 6) is -1.22. The Morgan fingerprint density at radius 1 is 0.972 bits per heavy atom. The molecule has 0 fully saturated rings. The lowest BCUT2D eigenvalue weighted by atomic mass is 10.1. The number of amidine groups is 1. The van der Waals surface area contributed by atoms with Crippen molar-refractivity contribution >= 4 is 33.5 Å². The Hall–Kier alpha value is -4.32. The van der Waals surface area contributed by atoms with Gasteiger partial charge >= 0.3 is 6.18 Å². The summed E-state index contributed by atoms with van der Waals surface area (Å²) in [5, 5.41) is 13.1. The summed E-state index contributed by atoms with van der Waals surface area (Å²) in [5.41, 5.74) is -0.0182. The Labute approximate surface area is 204 Å². The SMILES string of the molecule is Cc1ccc(S(=O)(=O)/N=C(\C=C\c2ccc(C(F)(F)F)cc2)NC(=O)c2ccc([N+](=O)[O-])cc2)cc1. The molecule has 0 aromatic heterocycles. The highest BCUT2D eigenvalue weighted by Gasteiger charge is 2.29. The number of sulfonamides is 1. The van der Waals surface area contributed by atoms with Crippen LogP contribution in [0.25, 0.3) is 6.08 Å². The largest absolute Gasteiger partial charge is 0.416 e. The minimum Gasteiger partial charge on any atom is -0.306 e. The fraction of sp³-hybridized carbons (Fsp3) is 0.0833. The summed E-state index contributed by atoms with van der Waals surface area (Å²) in [4.78, 5) is 22.7. The average molecular weight is 517 g/mol. The molecule has 12 heteroatoms. The second kappa shape index (κ2) is 10.5. The van der Waals surface area contributed by atoms with Crippen molar-refractivity contribution < 1.29 is 31.3 Å². The van der Waals surface area contributed by atoms with Gasteiger partial charge in [0, 0.05) is 17.7 Å². The molecule has 0 aliphatic rings. The number of aryl methyl sites for hydroxylation is 1. The van der Waals surface area contributed by atoms with Crippen LogP contribution in [0.1, 0.15) is 27.0 Å². The average Bonchev–Trinajstić information content (AvgIpc) is 2.82. The number of nitrogens with zero attached hydrogens (tertiary/aromatic N) is 2. The van der Waals surface area contributed by atoms with Gasteiger partial charge in [0.2, 0.25) is 0 Å². The highest BCUT2D eigenvalue weighted by molar-refractivity contribution is 7.90. The van der Waals surface area contributed by atoms with Crippen LogP contribution in [0.5, 0.6) is 0 Å². The van der Waals surface area contributed by atoms with Crippen molar-refractivity contribution in [2.75, 3.05) is 0 Å². The number of nitro benzene ring substituents is 1. The maximum Gasteiger partial charge on any atom is 0.416 e. The predicted octanol–water partition coefficient (Wildman–Crippen LogP) is 5.15. The van der Waals surface area contributed by atoms with Crippen LogP contribution in [0, 0.1) is 17.0 Å². The third-order valence-corrected chi connectivity index (χ3v) is 6.10. The summed E-state index contributed by atoms with van der Waals surface area (Å²) >= 11 is 0. The van der Waals surface area contributed by atoms with Gasteiger partial charge in [-0.1, -0.05) is 35.9 Å². The molecule has 0 aliphatic carbocycles. The lowest BCUT2D eigenvalue weighted by molar-refractivity contribution is -0.384. The first kappa shape index (κ1) is 26.3. The van der Waals surface area contributed by atoms with Crippen LogP contribution in [-0.4, -0.2) is 25.1 Å². The fourth-order valence-electron chi connectivity index (χ4n) is 2.87. The molecule has 1 N–H and O–H groups in total. The van der Waals surface area contributed by atoms with Crippen molar-refractivity contribution in [2.45, 2.75) is 18.0 Å². The highest BCUT2D eigenvalue weighted by atomic mass is 32.2. The van der Waals surface area contributed by atoms with Gasteiger partial charge in [-0.05, 0) is 55.0 Å². The molecule has 0 aliphatic heterocycles. The quantitative estimate of drug-likeness (QED) is 0.210. The molecule has 0 heterocycles. The number of hydrogen-bond donors (Lipinski definition) is 1. The van der Waals surface area contributed by atoms with Crippen LogP contribution in [0.4, 0.5) is 18.9 Å². The van der Waals surface area contributed by atoms with E-state index < -0.39 is 38.4 Å². The topological polar surface area (TPSA) is 119 Å². The van der Waals surface area contributed by atoms with Crippen molar-refractivity contribution in [2.24, 2.45) is 4.40 Å². The summed E-state index contributed by atoms with van der Waals surface area (Å²) in [6, 6.07) is 14.4. The molecular weight excluding hydrogens is 499 g/mol. The maximum atomic E-state index is 12.8. The lowest BCUT2D eigenvalue weighted by Gasteiger charge is -2.08. The summed E-state index contributed by atoms with van der Waals surface area (Å²) < 4.78 is 67.6. The molecular formula is C24H18F3N3O5S. The Bertz CT molecular complexity index is 1430. The van der Waals surface area contributed by atoms with E-state index in [9.17, 15) is 36.5 Å². The second-order valence-electron chi connectivity index (χ2n) is 7.48. The predicted molar refractivity (Wildman–Crippen MR) is 127 cm³/mol. The molecule has 0 spiro atoms. The molecule has 3 aromatic carbocycles. The van der Waals surface area contributed by atoms with E-state index >= 15 is 0 Å². The fourth-order valence-corrected chi connectivity index (χ4v) is 3.82. The van der Waals surface area contributed by atoms with E-state index in [1.165, 1.54) is 42.5 Å². The van der Waals surface area contributed by atoms with Gasteiger partial charge in [-0.25, -0.2) is 0 Å². The van der Waals surface area contributed by atoms with Gasteiger partial charge in [0.15, 0.2) is 0 Å². The highest BCUT2D eigenvalue weighted by Crippen LogP contribution is 2.29. The van der Waals surface area contributed by atoms with Gasteiger partial charge in [0.05, 0.1) is 15.4 Å². The third-order valence-electron chi connectivity index (χ3n) is 4.79. The third kappa shape index (κ3) is 6.85. The number of hydrogen-bond acceptors (Lipinski definition) is 5. The normalized spacial score (nSPS) is 12.5. The number of alkyl halides is 3. The first-order chi connectivity index (χ1) is 16.8. The molecule has 0 saturated heterocycles. The molecule has 186 valence electrons. The van der Waals surface area contributed by atoms with Crippen LogP contribution >= 0.6 is 0 Å². The number of non-ortho nitro benzene ring substituents is 1. The standard InChI is InChI=1S/C24H18F3N3O5S/c1-16-2-13-21(14-3-16)36(34,35)29-22(15-6-17-4-9-19(10-5-17)24(25,26)27)28-23(31)18-7-11-20(12-8-18)30(32)33/h2-15H,1H3,(H,28,29,31)/b15-6+. The van der Waals surface area contributed by atoms with Crippen LogP contribution in [0.3, 0.4) is 0 Å². The smallest absolute Gasteiger partial charge is 0.306 e. The van der Waals surface area contributed by atoms with Gasteiger partial charge in [-0.3, -0.25) is 14.9 Å². The molecule has 36 heavy (non-hydrogen) atoms. The van der Waals surface area contributed by atoms with E-state index in [0.717, 1.165) is 35.9 Å². The number of amides is 1. The van der Waals surface area contributed by atoms with Crippen molar-refractivity contribution in [1.29, 1.82) is 0 Å². The minimum absolute atomic E-state index is 0.0102. The molecule has 3 rings (SSSR count). The van der Waals surface area contributed by atoms with E-state index in [2.05, 4.69) is 9.71 Å². The van der Waals surface area contributed by atoms with E-state index in [4.69, 9.17) is 0 Å². The van der Waals surface area contributed by atoms with Gasteiger partial charge in [0.25, 0.3) is 21.6 Å². The number of nitro groups is 1. The van der Waals surface area contributed by atoms with E-state index in [0.29, 0.717) is 0 Å². The van der Waals surface area contributed by atoms with Crippen LogP contribution < -0.4 is 5.32 Å². The Kier molecular flexibility index (Phi) is 7.68. The van der Waals surface area contributed by atoms with Gasteiger partial charge in [-0.15, -0.1) is 4.40 Å². The maximum absolute atomic E-state index is 12.8. The van der Waals surface area contributed by atoms with E-state index in [1.54, 1.807) is 19.1 Å². The Morgan fingerprint density at radius 2 is 1.56 bits per heavy atom. The minimum atomic E-state index is -4.52. The molecule has 0 bridgehead atoms. The molecule has 1 amide bonds. The van der Waals surface area contributed by atoms with Crippen LogP contribution in [0.15, 0.2) is 88.2 Å². The van der Waals surface area contributed by atoms with Crippen molar-refractivity contribution in [1.82, 2.24) is 5.32 Å². The summed E-state index contributed by atoms with van der Waals surface area (Å²) in [6.07, 6.45) is -2.12. The first-order valence-corrected chi connectivity index (χ1v) is 11.6. The van der Waals surface area contributed by atoms with Gasteiger partial charge in [0.1, 0.15) is 5.84 Å². The number of halogens is 3. The zero-order valence-corrected chi connectivity index (χ0v) is 19.4. The van der Waals surface area contributed by atoms with Crippen molar-refractivity contribution in [3.63, 3.8) is 0 Å². The number of rotatable bonds is 6. The Morgan fingerprint density at radius 3 is 2.08 bits per heavy atom. The molecule has 3 aromatic rings. The van der Waals surface area contributed by atoms with E-state index in [1.807, 2.05) is 0 Å². The number of carbonyl (C=O) groups is 1. The van der Waals surface area contributed by atoms with Crippen molar-refractivity contribution in [3.05, 3.63) is 111 Å². The lowest BCUT2D eigenvalue weighted by Crippen LogP contribution is -2.30. The summed E-state index contributed by atoms with van der Waals surface area (Å²) in [7, 11) is -4.27. The molecule has 0 saturated carbocycles. The van der Waals surface area contributed by atoms with Crippen molar-refractivity contribution in [3.8, 4) is 0 Å².